The number of ether oxygens (including phenoxy) is 1. The highest BCUT2D eigenvalue weighted by atomic mass is 19.1. The van der Waals surface area contributed by atoms with E-state index in [1.807, 2.05) is 48.5 Å². The van der Waals surface area contributed by atoms with Gasteiger partial charge in [-0.25, -0.2) is 9.07 Å². The number of nitrogens with zero attached hydrogens (tertiary/aromatic N) is 4. The van der Waals surface area contributed by atoms with E-state index in [-0.39, 0.29) is 24.5 Å². The van der Waals surface area contributed by atoms with Crippen molar-refractivity contribution >= 4 is 28.5 Å². The van der Waals surface area contributed by atoms with Gasteiger partial charge in [-0.1, -0.05) is 55.5 Å². The zero-order valence-electron chi connectivity index (χ0n) is 22.1. The standard InChI is InChI=1S/C30H32FN5O3/c1-20(2)21-9-11-22(12-10-21)29(30(38)32-18-25-6-5-17-39-25)36(24-15-13-23(31)14-16-24)28(37)19-35-27-8-4-3-7-26(27)33-34-35/h3-4,7-16,20,25,29H,5-6,17-19H2,1-2H3,(H,32,38). The quantitative estimate of drug-likeness (QED) is 0.338. The Morgan fingerprint density at radius 2 is 1.77 bits per heavy atom. The summed E-state index contributed by atoms with van der Waals surface area (Å²) < 4.78 is 21.1. The summed E-state index contributed by atoms with van der Waals surface area (Å²) in [5.74, 6) is -0.859. The summed E-state index contributed by atoms with van der Waals surface area (Å²) in [6.45, 7) is 5.05. The van der Waals surface area contributed by atoms with E-state index in [2.05, 4.69) is 29.5 Å². The minimum absolute atomic E-state index is 0.0607. The monoisotopic (exact) mass is 529 g/mol. The van der Waals surface area contributed by atoms with Crippen molar-refractivity contribution in [3.8, 4) is 0 Å². The molecule has 1 fully saturated rings. The number of benzene rings is 3. The van der Waals surface area contributed by atoms with Crippen LogP contribution in [0.25, 0.3) is 11.0 Å². The lowest BCUT2D eigenvalue weighted by Crippen LogP contribution is -2.46. The number of fused-ring (bicyclic) bond motifs is 1. The number of nitrogens with one attached hydrogen (secondary N) is 1. The molecule has 9 heteroatoms. The van der Waals surface area contributed by atoms with Crippen LogP contribution in [0.2, 0.25) is 0 Å². The van der Waals surface area contributed by atoms with Crippen LogP contribution in [0.15, 0.2) is 72.8 Å². The molecule has 2 heterocycles. The Kier molecular flexibility index (Phi) is 7.97. The number of hydrogen-bond donors (Lipinski definition) is 1. The number of halogens is 1. The first kappa shape index (κ1) is 26.5. The molecule has 0 bridgehead atoms. The molecule has 2 atom stereocenters. The molecule has 8 nitrogen and oxygen atoms in total. The van der Waals surface area contributed by atoms with Crippen LogP contribution < -0.4 is 10.2 Å². The third-order valence-electron chi connectivity index (χ3n) is 7.03. The number of para-hydroxylation sites is 1. The van der Waals surface area contributed by atoms with Gasteiger partial charge in [0.2, 0.25) is 11.8 Å². The van der Waals surface area contributed by atoms with Crippen LogP contribution >= 0.6 is 0 Å². The van der Waals surface area contributed by atoms with Crippen molar-refractivity contribution in [1.29, 1.82) is 0 Å². The highest BCUT2D eigenvalue weighted by Crippen LogP contribution is 2.30. The maximum atomic E-state index is 14.0. The maximum Gasteiger partial charge on any atom is 0.249 e. The molecule has 1 N–H and O–H groups in total. The highest BCUT2D eigenvalue weighted by Gasteiger charge is 2.34. The smallest absolute Gasteiger partial charge is 0.249 e. The molecule has 0 spiro atoms. The number of amides is 2. The van der Waals surface area contributed by atoms with E-state index in [9.17, 15) is 14.0 Å². The average Bonchev–Trinajstić information content (AvgIpc) is 3.61. The summed E-state index contributed by atoms with van der Waals surface area (Å²) in [5.41, 5.74) is 3.52. The van der Waals surface area contributed by atoms with Gasteiger partial charge in [0.05, 0.1) is 11.6 Å². The molecule has 202 valence electrons. The Morgan fingerprint density at radius 3 is 2.46 bits per heavy atom. The van der Waals surface area contributed by atoms with Crippen LogP contribution in [-0.4, -0.2) is 46.1 Å². The van der Waals surface area contributed by atoms with Gasteiger partial charge in [-0.2, -0.15) is 0 Å². The Labute approximate surface area is 226 Å². The minimum Gasteiger partial charge on any atom is -0.376 e. The third-order valence-corrected chi connectivity index (χ3v) is 7.03. The summed E-state index contributed by atoms with van der Waals surface area (Å²) in [6.07, 6.45) is 1.76. The normalized spacial score (nSPS) is 15.9. The number of rotatable bonds is 9. The van der Waals surface area contributed by atoms with E-state index < -0.39 is 11.9 Å². The van der Waals surface area contributed by atoms with Crippen molar-refractivity contribution in [3.63, 3.8) is 0 Å². The van der Waals surface area contributed by atoms with Crippen molar-refractivity contribution < 1.29 is 18.7 Å². The van der Waals surface area contributed by atoms with E-state index in [1.54, 1.807) is 0 Å². The van der Waals surface area contributed by atoms with E-state index in [0.717, 1.165) is 18.4 Å². The molecule has 1 aliphatic heterocycles. The van der Waals surface area contributed by atoms with Gasteiger partial charge in [0.1, 0.15) is 23.9 Å². The van der Waals surface area contributed by atoms with Crippen molar-refractivity contribution in [2.75, 3.05) is 18.1 Å². The first-order valence-corrected chi connectivity index (χ1v) is 13.3. The molecule has 2 unspecified atom stereocenters. The number of carbonyl (C=O) groups is 2. The average molecular weight is 530 g/mol. The van der Waals surface area contributed by atoms with Crippen molar-refractivity contribution in [3.05, 3.63) is 89.7 Å². The first-order chi connectivity index (χ1) is 18.9. The SMILES string of the molecule is CC(C)c1ccc(C(C(=O)NCC2CCCO2)N(C(=O)Cn2nnc3ccccc32)c2ccc(F)cc2)cc1. The Hall–Kier alpha value is -4.11. The second kappa shape index (κ2) is 11.7. The predicted molar refractivity (Wildman–Crippen MR) is 147 cm³/mol. The fourth-order valence-corrected chi connectivity index (χ4v) is 4.87. The van der Waals surface area contributed by atoms with Gasteiger partial charge in [-0.3, -0.25) is 14.5 Å². The Morgan fingerprint density at radius 1 is 1.05 bits per heavy atom. The van der Waals surface area contributed by atoms with Crippen LogP contribution in [0.1, 0.15) is 49.8 Å². The molecule has 0 saturated carbocycles. The summed E-state index contributed by atoms with van der Waals surface area (Å²) in [5, 5.41) is 11.3. The number of anilines is 1. The molecule has 4 aromatic rings. The van der Waals surface area contributed by atoms with Gasteiger partial charge in [0.15, 0.2) is 0 Å². The molecule has 5 rings (SSSR count). The van der Waals surface area contributed by atoms with Crippen LogP contribution in [-0.2, 0) is 20.9 Å². The van der Waals surface area contributed by atoms with E-state index in [0.29, 0.717) is 41.4 Å². The fourth-order valence-electron chi connectivity index (χ4n) is 4.87. The lowest BCUT2D eigenvalue weighted by atomic mass is 9.97. The third kappa shape index (κ3) is 5.98. The summed E-state index contributed by atoms with van der Waals surface area (Å²) >= 11 is 0. The van der Waals surface area contributed by atoms with Crippen molar-refractivity contribution in [2.24, 2.45) is 0 Å². The van der Waals surface area contributed by atoms with Gasteiger partial charge >= 0.3 is 0 Å². The summed E-state index contributed by atoms with van der Waals surface area (Å²) in [6, 6.07) is 19.6. The van der Waals surface area contributed by atoms with Crippen molar-refractivity contribution in [1.82, 2.24) is 20.3 Å². The van der Waals surface area contributed by atoms with Crippen LogP contribution in [0, 0.1) is 5.82 Å². The molecule has 1 aliphatic rings. The first-order valence-electron chi connectivity index (χ1n) is 13.3. The topological polar surface area (TPSA) is 89.4 Å². The molecule has 39 heavy (non-hydrogen) atoms. The number of hydrogen-bond acceptors (Lipinski definition) is 5. The van der Waals surface area contributed by atoms with E-state index >= 15 is 0 Å². The molecule has 0 radical (unpaired) electrons. The Balaban J connectivity index is 1.54. The van der Waals surface area contributed by atoms with Crippen LogP contribution in [0.4, 0.5) is 10.1 Å². The summed E-state index contributed by atoms with van der Waals surface area (Å²) in [7, 11) is 0. The maximum absolute atomic E-state index is 14.0. The largest absolute Gasteiger partial charge is 0.376 e. The molecule has 2 amide bonds. The lowest BCUT2D eigenvalue weighted by Gasteiger charge is -2.32. The van der Waals surface area contributed by atoms with Gasteiger partial charge in [0.25, 0.3) is 0 Å². The lowest BCUT2D eigenvalue weighted by molar-refractivity contribution is -0.127. The molecule has 1 saturated heterocycles. The minimum atomic E-state index is -1.000. The molecule has 1 aromatic heterocycles. The number of carbonyl (C=O) groups excluding carboxylic acids is 2. The van der Waals surface area contributed by atoms with Gasteiger partial charge in [0, 0.05) is 18.8 Å². The molecule has 0 aliphatic carbocycles. The summed E-state index contributed by atoms with van der Waals surface area (Å²) in [4.78, 5) is 29.3. The zero-order valence-corrected chi connectivity index (χ0v) is 22.1. The van der Waals surface area contributed by atoms with Crippen LogP contribution in [0.3, 0.4) is 0 Å². The van der Waals surface area contributed by atoms with E-state index in [1.165, 1.54) is 33.8 Å². The van der Waals surface area contributed by atoms with Crippen molar-refractivity contribution in [2.45, 2.75) is 51.3 Å². The van der Waals surface area contributed by atoms with Crippen LogP contribution in [0.5, 0.6) is 0 Å². The number of aromatic nitrogens is 3. The molecular formula is C30H32FN5O3. The second-order valence-electron chi connectivity index (χ2n) is 10.1. The highest BCUT2D eigenvalue weighted by molar-refractivity contribution is 6.01. The molecule has 3 aromatic carbocycles. The zero-order chi connectivity index (χ0) is 27.4. The fraction of sp³-hybridized carbons (Fsp3) is 0.333. The van der Waals surface area contributed by atoms with Gasteiger partial charge < -0.3 is 10.1 Å². The van der Waals surface area contributed by atoms with Gasteiger partial charge in [-0.05, 0) is 66.3 Å². The predicted octanol–water partition coefficient (Wildman–Crippen LogP) is 4.76. The molecular weight excluding hydrogens is 497 g/mol. The Bertz CT molecular complexity index is 1430. The van der Waals surface area contributed by atoms with E-state index in [4.69, 9.17) is 4.74 Å². The van der Waals surface area contributed by atoms with Gasteiger partial charge in [-0.15, -0.1) is 5.10 Å². The second-order valence-corrected chi connectivity index (χ2v) is 10.1.